The maximum absolute atomic E-state index is 12.8. The molecule has 7 nitrogen and oxygen atoms in total. The minimum atomic E-state index is -3.60. The Bertz CT molecular complexity index is 792. The third-order valence-electron chi connectivity index (χ3n) is 4.71. The van der Waals surface area contributed by atoms with Crippen molar-refractivity contribution in [2.24, 2.45) is 5.92 Å². The van der Waals surface area contributed by atoms with Gasteiger partial charge in [0.25, 0.3) is 0 Å². The predicted molar refractivity (Wildman–Crippen MR) is 106 cm³/mol. The molecule has 2 rings (SSSR count). The summed E-state index contributed by atoms with van der Waals surface area (Å²) in [6.07, 6.45) is 2.70. The first-order valence-corrected chi connectivity index (χ1v) is 11.1. The first-order valence-electron chi connectivity index (χ1n) is 9.21. The third kappa shape index (κ3) is 5.69. The minimum Gasteiger partial charge on any atom is -0.351 e. The molecule has 1 aromatic rings. The molecule has 0 aliphatic carbocycles. The van der Waals surface area contributed by atoms with Crippen molar-refractivity contribution in [2.45, 2.75) is 39.7 Å². The van der Waals surface area contributed by atoms with E-state index >= 15 is 0 Å². The number of anilines is 1. The number of nitrogens with zero attached hydrogens (tertiary/aromatic N) is 2. The molecule has 1 aromatic carbocycles. The summed E-state index contributed by atoms with van der Waals surface area (Å²) in [4.78, 5) is 26.4. The van der Waals surface area contributed by atoms with Crippen LogP contribution in [0, 0.1) is 12.8 Å². The van der Waals surface area contributed by atoms with Crippen LogP contribution in [0.4, 0.5) is 5.69 Å². The second kappa shape index (κ2) is 8.73. The van der Waals surface area contributed by atoms with Gasteiger partial charge in [-0.15, -0.1) is 0 Å². The number of benzene rings is 1. The number of para-hydroxylation sites is 1. The fraction of sp³-hybridized carbons (Fsp3) is 0.579. The van der Waals surface area contributed by atoms with Crippen LogP contribution in [0.15, 0.2) is 24.3 Å². The van der Waals surface area contributed by atoms with E-state index in [9.17, 15) is 18.0 Å². The van der Waals surface area contributed by atoms with Crippen LogP contribution in [-0.4, -0.2) is 57.1 Å². The van der Waals surface area contributed by atoms with Gasteiger partial charge in [0.15, 0.2) is 0 Å². The smallest absolute Gasteiger partial charge is 0.243 e. The second-order valence-electron chi connectivity index (χ2n) is 7.40. The molecule has 1 atom stereocenters. The van der Waals surface area contributed by atoms with E-state index in [1.165, 1.54) is 0 Å². The molecule has 1 fully saturated rings. The lowest BCUT2D eigenvalue weighted by molar-refractivity contribution is -0.132. The van der Waals surface area contributed by atoms with Gasteiger partial charge in [-0.25, -0.2) is 8.42 Å². The first-order chi connectivity index (χ1) is 12.6. The number of amides is 2. The maximum Gasteiger partial charge on any atom is 0.243 e. The van der Waals surface area contributed by atoms with Gasteiger partial charge in [0, 0.05) is 25.0 Å². The number of carbonyl (C=O) groups is 2. The van der Waals surface area contributed by atoms with Gasteiger partial charge in [-0.1, -0.05) is 32.0 Å². The summed E-state index contributed by atoms with van der Waals surface area (Å²) in [5, 5.41) is 2.96. The van der Waals surface area contributed by atoms with Gasteiger partial charge in [0.1, 0.15) is 6.54 Å². The quantitative estimate of drug-likeness (QED) is 0.791. The average molecular weight is 396 g/mol. The number of carbonyl (C=O) groups excluding carboxylic acids is 2. The number of sulfonamides is 1. The van der Waals surface area contributed by atoms with E-state index < -0.39 is 10.0 Å². The van der Waals surface area contributed by atoms with E-state index in [0.29, 0.717) is 18.8 Å². The molecule has 2 amide bonds. The molecule has 27 heavy (non-hydrogen) atoms. The zero-order chi connectivity index (χ0) is 20.2. The van der Waals surface area contributed by atoms with Crippen LogP contribution in [0.1, 0.15) is 32.3 Å². The molecule has 0 spiro atoms. The lowest BCUT2D eigenvalue weighted by Crippen LogP contribution is -2.52. The molecule has 0 aromatic heterocycles. The molecule has 1 aliphatic rings. The summed E-state index contributed by atoms with van der Waals surface area (Å²) in [6, 6.07) is 7.00. The number of piperidine rings is 1. The lowest BCUT2D eigenvalue weighted by Gasteiger charge is -2.35. The zero-order valence-corrected chi connectivity index (χ0v) is 17.3. The van der Waals surface area contributed by atoms with Crippen molar-refractivity contribution in [2.75, 3.05) is 30.2 Å². The largest absolute Gasteiger partial charge is 0.351 e. The summed E-state index contributed by atoms with van der Waals surface area (Å²) < 4.78 is 25.7. The topological polar surface area (TPSA) is 86.8 Å². The van der Waals surface area contributed by atoms with Crippen molar-refractivity contribution < 1.29 is 18.0 Å². The molecule has 1 N–H and O–H groups in total. The van der Waals surface area contributed by atoms with Gasteiger partial charge in [0.05, 0.1) is 11.9 Å². The van der Waals surface area contributed by atoms with Crippen molar-refractivity contribution in [3.8, 4) is 0 Å². The van der Waals surface area contributed by atoms with Crippen molar-refractivity contribution in [1.29, 1.82) is 0 Å². The molecule has 1 unspecified atom stereocenters. The van der Waals surface area contributed by atoms with Crippen LogP contribution < -0.4 is 9.62 Å². The zero-order valence-electron chi connectivity index (χ0n) is 16.4. The van der Waals surface area contributed by atoms with Crippen molar-refractivity contribution in [3.63, 3.8) is 0 Å². The Morgan fingerprint density at radius 2 is 1.96 bits per heavy atom. The lowest BCUT2D eigenvalue weighted by atomic mass is 10.0. The van der Waals surface area contributed by atoms with Gasteiger partial charge in [0.2, 0.25) is 21.8 Å². The fourth-order valence-electron chi connectivity index (χ4n) is 3.14. The Labute approximate surface area is 161 Å². The van der Waals surface area contributed by atoms with E-state index in [1.54, 1.807) is 17.0 Å². The molecular formula is C19H29N3O4S. The van der Waals surface area contributed by atoms with Crippen LogP contribution in [0.3, 0.4) is 0 Å². The van der Waals surface area contributed by atoms with E-state index in [4.69, 9.17) is 0 Å². The summed E-state index contributed by atoms with van der Waals surface area (Å²) in [5.41, 5.74) is 1.30. The molecule has 0 saturated carbocycles. The molecule has 1 aliphatic heterocycles. The molecule has 8 heteroatoms. The maximum atomic E-state index is 12.8. The number of aryl methyl sites for hydroxylation is 1. The Morgan fingerprint density at radius 3 is 2.56 bits per heavy atom. The van der Waals surface area contributed by atoms with Crippen LogP contribution in [-0.2, 0) is 19.6 Å². The summed E-state index contributed by atoms with van der Waals surface area (Å²) in [6.45, 7) is 6.20. The predicted octanol–water partition coefficient (Wildman–Crippen LogP) is 1.52. The summed E-state index contributed by atoms with van der Waals surface area (Å²) in [5.74, 6) is -0.406. The van der Waals surface area contributed by atoms with Crippen LogP contribution in [0.5, 0.6) is 0 Å². The van der Waals surface area contributed by atoms with Gasteiger partial charge in [-0.2, -0.15) is 0 Å². The highest BCUT2D eigenvalue weighted by Crippen LogP contribution is 2.22. The molecule has 0 radical (unpaired) electrons. The summed E-state index contributed by atoms with van der Waals surface area (Å²) in [7, 11) is -3.60. The Morgan fingerprint density at radius 1 is 1.30 bits per heavy atom. The van der Waals surface area contributed by atoms with Gasteiger partial charge in [-0.05, 0) is 31.4 Å². The standard InChI is InChI=1S/C19H29N3O4S/c1-14(2)19(24)20-16-9-7-11-21(12-16)18(23)13-22(27(4,25)26)17-10-6-5-8-15(17)3/h5-6,8,10,14,16H,7,9,11-13H2,1-4H3,(H,20,24). The van der Waals surface area contributed by atoms with Crippen LogP contribution >= 0.6 is 0 Å². The molecule has 1 saturated heterocycles. The number of nitrogens with one attached hydrogen (secondary N) is 1. The number of hydrogen-bond acceptors (Lipinski definition) is 4. The van der Waals surface area contributed by atoms with Crippen molar-refractivity contribution in [1.82, 2.24) is 10.2 Å². The van der Waals surface area contributed by atoms with E-state index in [0.717, 1.165) is 29.0 Å². The highest BCUT2D eigenvalue weighted by Gasteiger charge is 2.29. The molecular weight excluding hydrogens is 366 g/mol. The second-order valence-corrected chi connectivity index (χ2v) is 9.31. The first kappa shape index (κ1) is 21.2. The van der Waals surface area contributed by atoms with Gasteiger partial charge < -0.3 is 10.2 Å². The van der Waals surface area contributed by atoms with Gasteiger partial charge in [-0.3, -0.25) is 13.9 Å². The normalized spacial score (nSPS) is 17.7. The Balaban J connectivity index is 2.11. The highest BCUT2D eigenvalue weighted by atomic mass is 32.2. The SMILES string of the molecule is Cc1ccccc1N(CC(=O)N1CCCC(NC(=O)C(C)C)C1)S(C)(=O)=O. The Hall–Kier alpha value is -2.09. The Kier molecular flexibility index (Phi) is 6.86. The van der Waals surface area contributed by atoms with Gasteiger partial charge >= 0.3 is 0 Å². The van der Waals surface area contributed by atoms with Crippen molar-refractivity contribution in [3.05, 3.63) is 29.8 Å². The van der Waals surface area contributed by atoms with E-state index in [1.807, 2.05) is 32.9 Å². The molecule has 0 bridgehead atoms. The number of rotatable bonds is 6. The molecule has 1 heterocycles. The number of likely N-dealkylation sites (tertiary alicyclic amines) is 1. The molecule has 150 valence electrons. The minimum absolute atomic E-state index is 0.0352. The monoisotopic (exact) mass is 395 g/mol. The fourth-order valence-corrected chi connectivity index (χ4v) is 4.04. The van der Waals surface area contributed by atoms with Crippen LogP contribution in [0.25, 0.3) is 0 Å². The average Bonchev–Trinajstić information content (AvgIpc) is 2.59. The van der Waals surface area contributed by atoms with Crippen molar-refractivity contribution >= 4 is 27.5 Å². The summed E-state index contributed by atoms with van der Waals surface area (Å²) >= 11 is 0. The highest BCUT2D eigenvalue weighted by molar-refractivity contribution is 7.92. The number of hydrogen-bond donors (Lipinski definition) is 1. The van der Waals surface area contributed by atoms with E-state index in [2.05, 4.69) is 5.32 Å². The van der Waals surface area contributed by atoms with Crippen LogP contribution in [0.2, 0.25) is 0 Å². The third-order valence-corrected chi connectivity index (χ3v) is 5.83. The van der Waals surface area contributed by atoms with E-state index in [-0.39, 0.29) is 30.3 Å².